The SMILES string of the molecule is CC/C=C\C/C=C\C/C=C\C/C=C\C/C=C\C/C=C\C/C=C\C/C=C\C/C=C\C/C=C\C/C=C\CCCCCCCCCC(=O)NC(COP(=O)([O-])OCC[N+](C)(C)C)C(O)/C=C/CC/C=C/CC/C=C/CCCCCCCCCCCCCCCCCCCCCC. The molecule has 1 amide bonds. The first-order valence-corrected chi connectivity index (χ1v) is 39.5. The van der Waals surface area contributed by atoms with E-state index >= 15 is 0 Å². The van der Waals surface area contributed by atoms with Crippen LogP contribution in [0.1, 0.15) is 303 Å². The first-order chi connectivity index (χ1) is 45.5. The Morgan fingerprint density at radius 2 is 0.667 bits per heavy atom. The maximum Gasteiger partial charge on any atom is 0.268 e. The van der Waals surface area contributed by atoms with Crippen LogP contribution < -0.4 is 10.2 Å². The van der Waals surface area contributed by atoms with Gasteiger partial charge >= 0.3 is 0 Å². The number of quaternary nitrogens is 1. The lowest BCUT2D eigenvalue weighted by Gasteiger charge is -2.29. The van der Waals surface area contributed by atoms with Crippen molar-refractivity contribution >= 4 is 13.7 Å². The van der Waals surface area contributed by atoms with Crippen molar-refractivity contribution in [3.8, 4) is 0 Å². The molecule has 0 aliphatic heterocycles. The normalized spacial score (nSPS) is 14.5. The van der Waals surface area contributed by atoms with Gasteiger partial charge in [0, 0.05) is 6.42 Å². The molecule has 0 radical (unpaired) electrons. The number of phosphoric ester groups is 1. The number of unbranched alkanes of at least 4 members (excludes halogenated alkanes) is 29. The third-order valence-corrected chi connectivity index (χ3v) is 17.1. The Kier molecular flexibility index (Phi) is 68.9. The van der Waals surface area contributed by atoms with Gasteiger partial charge in [-0.1, -0.05) is 338 Å². The molecule has 0 aromatic rings. The number of carbonyl (C=O) groups is 1. The molecule has 3 atom stereocenters. The first kappa shape index (κ1) is 88.9. The minimum Gasteiger partial charge on any atom is -0.756 e. The zero-order valence-corrected chi connectivity index (χ0v) is 61.5. The van der Waals surface area contributed by atoms with E-state index in [1.165, 1.54) is 154 Å². The van der Waals surface area contributed by atoms with Gasteiger partial charge in [0.25, 0.3) is 7.82 Å². The Bertz CT molecular complexity index is 2130. The predicted octanol–water partition coefficient (Wildman–Crippen LogP) is 24.4. The topological polar surface area (TPSA) is 108 Å². The minimum absolute atomic E-state index is 0.0198. The number of hydrogen-bond acceptors (Lipinski definition) is 6. The highest BCUT2D eigenvalue weighted by Gasteiger charge is 2.23. The fourth-order valence-electron chi connectivity index (χ4n) is 10.3. The molecule has 93 heavy (non-hydrogen) atoms. The number of rotatable bonds is 68. The standard InChI is InChI=1S/C84H143N2O6P/c1-6-8-10-12-14-16-18-20-22-24-26-28-30-32-34-36-38-39-40-41-42-43-44-45-46-47-48-50-52-54-56-58-60-62-64-66-68-70-72-74-76-78-84(88)85-82(81-92-93(89,90)91-80-79-86(3,4)5)83(87)77-75-73-71-69-67-65-63-61-59-57-55-53-51-49-37-35-33-31-29-27-25-23-21-19-17-15-13-11-9-7-2/h8,10,14,16,20,22,26,28,32,34,38-39,41-42,44-45,47-48,52,54,58-61,67,69,75,77,82-83,87H,6-7,9,11-13,15,17-19,21,23-25,27,29-31,33,35-37,40,43,46,49-51,53,55-57,62-66,68,70-74,76,78-81H2,1-5H3,(H-,85,88,89,90)/b10-8-,16-14-,22-20-,28-26-,34-32-,39-38-,42-41-,45-44-,48-47-,54-52-,60-58-,61-59+,69-67+,77-75+. The van der Waals surface area contributed by atoms with Crippen LogP contribution in [-0.4, -0.2) is 68.5 Å². The molecule has 9 heteroatoms. The Morgan fingerprint density at radius 1 is 0.387 bits per heavy atom. The molecule has 0 aromatic carbocycles. The molecule has 0 fully saturated rings. The van der Waals surface area contributed by atoms with Crippen LogP contribution in [0, 0.1) is 0 Å². The Hall–Kier alpha value is -4.14. The zero-order valence-electron chi connectivity index (χ0n) is 60.6. The Morgan fingerprint density at radius 3 is 1.00 bits per heavy atom. The summed E-state index contributed by atoms with van der Waals surface area (Å²) in [5.41, 5.74) is 0. The largest absolute Gasteiger partial charge is 0.756 e. The number of carbonyl (C=O) groups excluding carboxylic acids is 1. The van der Waals surface area contributed by atoms with Gasteiger partial charge in [-0.05, 0) is 128 Å². The van der Waals surface area contributed by atoms with E-state index in [1.807, 2.05) is 27.2 Å². The molecular weight excluding hydrogens is 1160 g/mol. The third-order valence-electron chi connectivity index (χ3n) is 16.1. The van der Waals surface area contributed by atoms with Gasteiger partial charge in [-0.15, -0.1) is 0 Å². The number of nitrogens with one attached hydrogen (secondary N) is 1. The molecule has 0 heterocycles. The number of hydrogen-bond donors (Lipinski definition) is 2. The molecule has 3 unspecified atom stereocenters. The summed E-state index contributed by atoms with van der Waals surface area (Å²) in [6.45, 7) is 4.51. The molecule has 0 aliphatic rings. The van der Waals surface area contributed by atoms with Crippen molar-refractivity contribution in [2.45, 2.75) is 315 Å². The molecule has 0 rings (SSSR count). The maximum atomic E-state index is 13.1. The molecule has 0 bridgehead atoms. The molecule has 0 spiro atoms. The van der Waals surface area contributed by atoms with E-state index in [1.54, 1.807) is 6.08 Å². The van der Waals surface area contributed by atoms with Crippen molar-refractivity contribution in [3.05, 3.63) is 170 Å². The van der Waals surface area contributed by atoms with Crippen molar-refractivity contribution in [3.63, 3.8) is 0 Å². The highest BCUT2D eigenvalue weighted by atomic mass is 31.2. The molecular formula is C84H143N2O6P. The molecule has 0 aromatic heterocycles. The van der Waals surface area contributed by atoms with Gasteiger partial charge in [0.2, 0.25) is 5.91 Å². The first-order valence-electron chi connectivity index (χ1n) is 38.0. The maximum absolute atomic E-state index is 13.1. The number of aliphatic hydroxyl groups excluding tert-OH is 1. The van der Waals surface area contributed by atoms with E-state index in [-0.39, 0.29) is 12.5 Å². The third kappa shape index (κ3) is 75.1. The van der Waals surface area contributed by atoms with Crippen LogP contribution in [0.5, 0.6) is 0 Å². The number of likely N-dealkylation sites (N-methyl/N-ethyl adjacent to an activating group) is 1. The van der Waals surface area contributed by atoms with Gasteiger partial charge in [0.1, 0.15) is 13.2 Å². The Labute approximate surface area is 574 Å². The van der Waals surface area contributed by atoms with Crippen LogP contribution in [0.2, 0.25) is 0 Å². The quantitative estimate of drug-likeness (QED) is 0.0272. The summed E-state index contributed by atoms with van der Waals surface area (Å²) >= 11 is 0. The number of amides is 1. The predicted molar refractivity (Wildman–Crippen MR) is 407 cm³/mol. The second-order valence-corrected chi connectivity index (χ2v) is 27.7. The van der Waals surface area contributed by atoms with E-state index in [4.69, 9.17) is 9.05 Å². The van der Waals surface area contributed by atoms with Gasteiger partial charge in [-0.25, -0.2) is 0 Å². The second-order valence-electron chi connectivity index (χ2n) is 26.3. The van der Waals surface area contributed by atoms with Crippen molar-refractivity contribution in [1.82, 2.24) is 5.32 Å². The average Bonchev–Trinajstić information content (AvgIpc) is 2.75. The fourth-order valence-corrected chi connectivity index (χ4v) is 11.0. The summed E-state index contributed by atoms with van der Waals surface area (Å²) < 4.78 is 23.4. The molecule has 0 saturated carbocycles. The summed E-state index contributed by atoms with van der Waals surface area (Å²) in [5, 5.41) is 13.9. The molecule has 0 saturated heterocycles. The van der Waals surface area contributed by atoms with E-state index in [2.05, 4.69) is 177 Å². The van der Waals surface area contributed by atoms with Gasteiger partial charge in [-0.2, -0.15) is 0 Å². The van der Waals surface area contributed by atoms with Gasteiger partial charge in [0.05, 0.1) is 39.9 Å². The highest BCUT2D eigenvalue weighted by Crippen LogP contribution is 2.38. The van der Waals surface area contributed by atoms with Crippen LogP contribution in [0.3, 0.4) is 0 Å². The summed E-state index contributed by atoms with van der Waals surface area (Å²) in [5.74, 6) is -0.227. The number of phosphoric acid groups is 1. The van der Waals surface area contributed by atoms with Gasteiger partial charge in [0.15, 0.2) is 0 Å². The smallest absolute Gasteiger partial charge is 0.268 e. The van der Waals surface area contributed by atoms with Crippen molar-refractivity contribution in [2.75, 3.05) is 40.9 Å². The highest BCUT2D eigenvalue weighted by molar-refractivity contribution is 7.45. The van der Waals surface area contributed by atoms with Crippen LogP contribution in [0.4, 0.5) is 0 Å². The van der Waals surface area contributed by atoms with E-state index < -0.39 is 26.6 Å². The Balaban J connectivity index is 4.19. The van der Waals surface area contributed by atoms with E-state index in [0.29, 0.717) is 17.4 Å². The summed E-state index contributed by atoms with van der Waals surface area (Å²) in [6.07, 6.45) is 114. The molecule has 0 aliphatic carbocycles. The average molecular weight is 1310 g/mol. The lowest BCUT2D eigenvalue weighted by Crippen LogP contribution is -2.45. The van der Waals surface area contributed by atoms with Gasteiger partial charge < -0.3 is 28.8 Å². The van der Waals surface area contributed by atoms with E-state index in [9.17, 15) is 19.4 Å². The lowest BCUT2D eigenvalue weighted by atomic mass is 10.0. The van der Waals surface area contributed by atoms with Crippen LogP contribution in [-0.2, 0) is 18.4 Å². The molecule has 2 N–H and O–H groups in total. The summed E-state index contributed by atoms with van der Waals surface area (Å²) in [6, 6.07) is -0.931. The number of nitrogens with zero attached hydrogens (tertiary/aromatic N) is 1. The lowest BCUT2D eigenvalue weighted by molar-refractivity contribution is -0.870. The van der Waals surface area contributed by atoms with Crippen molar-refractivity contribution in [1.29, 1.82) is 0 Å². The van der Waals surface area contributed by atoms with Gasteiger partial charge in [-0.3, -0.25) is 9.36 Å². The summed E-state index contributed by atoms with van der Waals surface area (Å²) in [7, 11) is 1.21. The number of allylic oxidation sites excluding steroid dienone is 27. The van der Waals surface area contributed by atoms with Crippen molar-refractivity contribution < 1.29 is 32.9 Å². The molecule has 8 nitrogen and oxygen atoms in total. The van der Waals surface area contributed by atoms with Crippen molar-refractivity contribution in [2.24, 2.45) is 0 Å². The summed E-state index contributed by atoms with van der Waals surface area (Å²) in [4.78, 5) is 25.7. The van der Waals surface area contributed by atoms with Crippen LogP contribution >= 0.6 is 7.82 Å². The minimum atomic E-state index is -4.63. The van der Waals surface area contributed by atoms with Crippen LogP contribution in [0.25, 0.3) is 0 Å². The van der Waals surface area contributed by atoms with E-state index in [0.717, 1.165) is 128 Å². The van der Waals surface area contributed by atoms with Crippen LogP contribution in [0.15, 0.2) is 170 Å². The number of aliphatic hydroxyl groups is 1. The monoisotopic (exact) mass is 1310 g/mol. The second kappa shape index (κ2) is 72.1. The molecule has 530 valence electrons. The zero-order chi connectivity index (χ0) is 67.6. The fraction of sp³-hybridized carbons (Fsp3) is 0.655.